The van der Waals surface area contributed by atoms with E-state index in [-0.39, 0.29) is 5.91 Å². The number of hydrogen-bond donors (Lipinski definition) is 0. The second-order valence-corrected chi connectivity index (χ2v) is 10.6. The lowest BCUT2D eigenvalue weighted by molar-refractivity contribution is -0.133. The molecule has 0 N–H and O–H groups in total. The van der Waals surface area contributed by atoms with Gasteiger partial charge >= 0.3 is 0 Å². The molecule has 2 aliphatic carbocycles. The molecule has 0 radical (unpaired) electrons. The molecule has 1 aromatic rings. The van der Waals surface area contributed by atoms with Crippen LogP contribution in [0.15, 0.2) is 23.1 Å². The minimum absolute atomic E-state index is 0.218. The van der Waals surface area contributed by atoms with E-state index in [1.807, 2.05) is 24.8 Å². The van der Waals surface area contributed by atoms with Crippen LogP contribution in [0, 0.1) is 31.6 Å². The third-order valence-corrected chi connectivity index (χ3v) is 8.92. The van der Waals surface area contributed by atoms with Gasteiger partial charge in [0.15, 0.2) is 0 Å². The first-order valence-electron chi connectivity index (χ1n) is 10.2. The summed E-state index contributed by atoms with van der Waals surface area (Å²) < 4.78 is 27.4. The third kappa shape index (κ3) is 3.66. The number of piperazine rings is 1. The molecule has 5 nitrogen and oxygen atoms in total. The van der Waals surface area contributed by atoms with Gasteiger partial charge in [-0.05, 0) is 74.1 Å². The topological polar surface area (TPSA) is 57.7 Å². The average Bonchev–Trinajstić information content (AvgIpc) is 3.27. The normalized spacial score (nSPS) is 28.7. The quantitative estimate of drug-likeness (QED) is 0.794. The van der Waals surface area contributed by atoms with Crippen molar-refractivity contribution in [3.05, 3.63) is 29.3 Å². The molecule has 0 unspecified atom stereocenters. The summed E-state index contributed by atoms with van der Waals surface area (Å²) in [6.07, 6.45) is 5.84. The predicted molar refractivity (Wildman–Crippen MR) is 105 cm³/mol. The smallest absolute Gasteiger partial charge is 0.243 e. The van der Waals surface area contributed by atoms with E-state index >= 15 is 0 Å². The number of carbonyl (C=O) groups excluding carboxylic acids is 1. The van der Waals surface area contributed by atoms with Crippen molar-refractivity contribution >= 4 is 15.9 Å². The van der Waals surface area contributed by atoms with Gasteiger partial charge in [-0.1, -0.05) is 12.5 Å². The molecule has 1 aromatic carbocycles. The molecule has 2 bridgehead atoms. The van der Waals surface area contributed by atoms with Crippen LogP contribution in [-0.2, 0) is 14.8 Å². The standard InChI is InChI=1S/C21H30N2O3S/c1-15-3-6-20(11-16(15)2)27(25,26)23-9-7-22(8-10-23)21(24)14-19-13-17-4-5-18(19)12-17/h3,6,11,17-19H,4-5,7-10,12-14H2,1-2H3/t17-,18-,19-/m1/s1. The van der Waals surface area contributed by atoms with Crippen LogP contribution in [0.3, 0.4) is 0 Å². The Kier molecular flexibility index (Phi) is 5.06. The minimum atomic E-state index is -3.48. The molecule has 1 heterocycles. The molecule has 2 saturated carbocycles. The Bertz CT molecular complexity index is 828. The van der Waals surface area contributed by atoms with Crippen molar-refractivity contribution < 1.29 is 13.2 Å². The number of hydrogen-bond acceptors (Lipinski definition) is 3. The van der Waals surface area contributed by atoms with E-state index in [1.165, 1.54) is 30.0 Å². The molecular weight excluding hydrogens is 360 g/mol. The highest BCUT2D eigenvalue weighted by Crippen LogP contribution is 2.49. The highest BCUT2D eigenvalue weighted by Gasteiger charge is 2.41. The van der Waals surface area contributed by atoms with Crippen LogP contribution in [0.5, 0.6) is 0 Å². The first-order chi connectivity index (χ1) is 12.8. The van der Waals surface area contributed by atoms with Gasteiger partial charge in [0.1, 0.15) is 0 Å². The molecule has 1 aliphatic heterocycles. The Labute approximate surface area is 162 Å². The number of rotatable bonds is 4. The fourth-order valence-corrected chi connectivity index (χ4v) is 6.69. The highest BCUT2D eigenvalue weighted by molar-refractivity contribution is 7.89. The fraction of sp³-hybridized carbons (Fsp3) is 0.667. The van der Waals surface area contributed by atoms with Crippen molar-refractivity contribution in [3.63, 3.8) is 0 Å². The number of nitrogens with zero attached hydrogens (tertiary/aromatic N) is 2. The van der Waals surface area contributed by atoms with Crippen LogP contribution in [0.2, 0.25) is 0 Å². The molecule has 1 saturated heterocycles. The van der Waals surface area contributed by atoms with Crippen LogP contribution >= 0.6 is 0 Å². The van der Waals surface area contributed by atoms with E-state index in [9.17, 15) is 13.2 Å². The molecule has 3 atom stereocenters. The second-order valence-electron chi connectivity index (χ2n) is 8.67. The fourth-order valence-electron chi connectivity index (χ4n) is 5.18. The molecule has 3 fully saturated rings. The summed E-state index contributed by atoms with van der Waals surface area (Å²) in [5.41, 5.74) is 2.07. The summed E-state index contributed by atoms with van der Waals surface area (Å²) in [5, 5.41) is 0. The number of fused-ring (bicyclic) bond motifs is 2. The van der Waals surface area contributed by atoms with Crippen LogP contribution in [0.25, 0.3) is 0 Å². The van der Waals surface area contributed by atoms with Gasteiger partial charge in [0.05, 0.1) is 4.90 Å². The van der Waals surface area contributed by atoms with E-state index in [0.717, 1.165) is 23.0 Å². The van der Waals surface area contributed by atoms with E-state index in [4.69, 9.17) is 0 Å². The van der Waals surface area contributed by atoms with Crippen molar-refractivity contribution in [2.45, 2.75) is 50.8 Å². The van der Waals surface area contributed by atoms with Crippen LogP contribution < -0.4 is 0 Å². The summed E-state index contributed by atoms with van der Waals surface area (Å²) in [5.74, 6) is 2.39. The van der Waals surface area contributed by atoms with Crippen molar-refractivity contribution in [2.24, 2.45) is 17.8 Å². The van der Waals surface area contributed by atoms with Gasteiger partial charge in [0, 0.05) is 32.6 Å². The number of aryl methyl sites for hydroxylation is 2. The summed E-state index contributed by atoms with van der Waals surface area (Å²) in [6.45, 7) is 5.69. The Morgan fingerprint density at radius 2 is 1.78 bits per heavy atom. The summed E-state index contributed by atoms with van der Waals surface area (Å²) in [7, 11) is -3.48. The Balaban J connectivity index is 1.35. The first kappa shape index (κ1) is 18.9. The number of benzene rings is 1. The maximum Gasteiger partial charge on any atom is 0.243 e. The predicted octanol–water partition coefficient (Wildman–Crippen LogP) is 2.96. The summed E-state index contributed by atoms with van der Waals surface area (Å²) in [6, 6.07) is 5.29. The lowest BCUT2D eigenvalue weighted by atomic mass is 9.86. The zero-order valence-corrected chi connectivity index (χ0v) is 17.2. The largest absolute Gasteiger partial charge is 0.340 e. The second kappa shape index (κ2) is 7.21. The van der Waals surface area contributed by atoms with E-state index in [2.05, 4.69) is 0 Å². The highest BCUT2D eigenvalue weighted by atomic mass is 32.2. The molecule has 0 aromatic heterocycles. The van der Waals surface area contributed by atoms with Crippen molar-refractivity contribution in [1.82, 2.24) is 9.21 Å². The maximum atomic E-state index is 12.9. The average molecular weight is 391 g/mol. The van der Waals surface area contributed by atoms with Crippen LogP contribution in [0.1, 0.15) is 43.2 Å². The summed E-state index contributed by atoms with van der Waals surface area (Å²) >= 11 is 0. The van der Waals surface area contributed by atoms with E-state index in [1.54, 1.807) is 12.1 Å². The van der Waals surface area contributed by atoms with Crippen LogP contribution in [-0.4, -0.2) is 49.7 Å². The van der Waals surface area contributed by atoms with Gasteiger partial charge in [0.2, 0.25) is 15.9 Å². The Morgan fingerprint density at radius 3 is 2.37 bits per heavy atom. The monoisotopic (exact) mass is 390 g/mol. The molecule has 3 aliphatic rings. The van der Waals surface area contributed by atoms with Crippen molar-refractivity contribution in [1.29, 1.82) is 0 Å². The Morgan fingerprint density at radius 1 is 1.04 bits per heavy atom. The van der Waals surface area contributed by atoms with E-state index < -0.39 is 10.0 Å². The first-order valence-corrected chi connectivity index (χ1v) is 11.6. The molecule has 148 valence electrons. The molecule has 27 heavy (non-hydrogen) atoms. The van der Waals surface area contributed by atoms with Crippen LogP contribution in [0.4, 0.5) is 0 Å². The van der Waals surface area contributed by atoms with Gasteiger partial charge in [-0.25, -0.2) is 8.42 Å². The molecule has 4 rings (SSSR count). The number of amides is 1. The summed E-state index contributed by atoms with van der Waals surface area (Å²) in [4.78, 5) is 14.9. The van der Waals surface area contributed by atoms with Gasteiger partial charge in [-0.3, -0.25) is 4.79 Å². The SMILES string of the molecule is Cc1ccc(S(=O)(=O)N2CCN(C(=O)C[C@H]3C[C@@H]4CC[C@@H]3C4)CC2)cc1C. The molecular formula is C21H30N2O3S. The van der Waals surface area contributed by atoms with Gasteiger partial charge in [-0.2, -0.15) is 4.31 Å². The van der Waals surface area contributed by atoms with Gasteiger partial charge in [0.25, 0.3) is 0 Å². The van der Waals surface area contributed by atoms with Crippen molar-refractivity contribution in [3.8, 4) is 0 Å². The lowest BCUT2D eigenvalue weighted by Crippen LogP contribution is -2.50. The maximum absolute atomic E-state index is 12.9. The zero-order valence-electron chi connectivity index (χ0n) is 16.4. The zero-order chi connectivity index (χ0) is 19.2. The van der Waals surface area contributed by atoms with Gasteiger partial charge < -0.3 is 4.90 Å². The molecule has 6 heteroatoms. The lowest BCUT2D eigenvalue weighted by Gasteiger charge is -2.35. The number of carbonyl (C=O) groups is 1. The van der Waals surface area contributed by atoms with E-state index in [0.29, 0.717) is 43.4 Å². The number of sulfonamides is 1. The minimum Gasteiger partial charge on any atom is -0.340 e. The van der Waals surface area contributed by atoms with Gasteiger partial charge in [-0.15, -0.1) is 0 Å². The molecule has 0 spiro atoms. The Hall–Kier alpha value is -1.40. The molecule has 1 amide bonds. The van der Waals surface area contributed by atoms with Crippen molar-refractivity contribution in [2.75, 3.05) is 26.2 Å². The third-order valence-electron chi connectivity index (χ3n) is 7.03.